The van der Waals surface area contributed by atoms with Gasteiger partial charge in [-0.15, -0.1) is 0 Å². The van der Waals surface area contributed by atoms with Crippen molar-refractivity contribution in [2.24, 2.45) is 23.7 Å². The molecule has 2 fully saturated rings. The smallest absolute Gasteiger partial charge is 0.274 e. The largest absolute Gasteiger partial charge is 0.416 e. The third kappa shape index (κ3) is 1.69. The van der Waals surface area contributed by atoms with Gasteiger partial charge in [0.1, 0.15) is 0 Å². The molecule has 1 saturated heterocycles. The number of benzene rings is 1. The first kappa shape index (κ1) is 13.5. The number of hydrogen-bond donors (Lipinski definition) is 0. The molecule has 2 aliphatic carbocycles. The minimum Gasteiger partial charge on any atom is -0.274 e. The highest BCUT2D eigenvalue weighted by Crippen LogP contribution is 2.53. The summed E-state index contributed by atoms with van der Waals surface area (Å²) in [4.78, 5) is 26.0. The van der Waals surface area contributed by atoms with Crippen LogP contribution in [0.3, 0.4) is 0 Å². The van der Waals surface area contributed by atoms with Gasteiger partial charge < -0.3 is 0 Å². The van der Waals surface area contributed by atoms with Gasteiger partial charge >= 0.3 is 6.18 Å². The van der Waals surface area contributed by atoms with Crippen LogP contribution in [0.4, 0.5) is 18.9 Å². The zero-order chi connectivity index (χ0) is 15.6. The molecular weight excluding hydrogens is 295 g/mol. The summed E-state index contributed by atoms with van der Waals surface area (Å²) in [7, 11) is 0. The topological polar surface area (TPSA) is 37.4 Å². The quantitative estimate of drug-likeness (QED) is 0.591. The van der Waals surface area contributed by atoms with E-state index < -0.39 is 23.6 Å². The zero-order valence-electron chi connectivity index (χ0n) is 11.4. The van der Waals surface area contributed by atoms with Crippen molar-refractivity contribution in [3.05, 3.63) is 42.0 Å². The molecule has 1 aromatic rings. The monoisotopic (exact) mass is 307 g/mol. The molecule has 22 heavy (non-hydrogen) atoms. The summed E-state index contributed by atoms with van der Waals surface area (Å²) in [5.41, 5.74) is -0.845. The van der Waals surface area contributed by atoms with Crippen molar-refractivity contribution in [3.8, 4) is 0 Å². The van der Waals surface area contributed by atoms with E-state index in [1.165, 1.54) is 12.1 Å². The number of amides is 2. The van der Waals surface area contributed by atoms with Crippen molar-refractivity contribution in [2.45, 2.75) is 12.6 Å². The number of carbonyl (C=O) groups excluding carboxylic acids is 2. The second-order valence-corrected chi connectivity index (χ2v) is 6.06. The predicted octanol–water partition coefficient (Wildman–Crippen LogP) is 3.02. The highest BCUT2D eigenvalue weighted by Gasteiger charge is 2.59. The summed E-state index contributed by atoms with van der Waals surface area (Å²) in [6.45, 7) is 0. The minimum absolute atomic E-state index is 0.0126. The number of nitrogens with zero attached hydrogens (tertiary/aromatic N) is 1. The van der Waals surface area contributed by atoms with E-state index in [0.29, 0.717) is 0 Å². The van der Waals surface area contributed by atoms with E-state index in [-0.39, 0.29) is 29.3 Å². The molecule has 1 aromatic carbocycles. The number of rotatable bonds is 1. The van der Waals surface area contributed by atoms with E-state index in [4.69, 9.17) is 0 Å². The summed E-state index contributed by atoms with van der Waals surface area (Å²) in [5, 5.41) is 0. The number of imide groups is 1. The molecule has 6 heteroatoms. The first-order chi connectivity index (χ1) is 10.4. The predicted molar refractivity (Wildman–Crippen MR) is 71.7 cm³/mol. The Kier molecular flexibility index (Phi) is 2.59. The molecule has 1 saturated carbocycles. The summed E-state index contributed by atoms with van der Waals surface area (Å²) in [6.07, 6.45) is 0.195. The second-order valence-electron chi connectivity index (χ2n) is 6.06. The Hall–Kier alpha value is -2.11. The van der Waals surface area contributed by atoms with Crippen LogP contribution >= 0.6 is 0 Å². The Morgan fingerprint density at radius 3 is 2.14 bits per heavy atom. The number of allylic oxidation sites excluding steroid dienone is 2. The summed E-state index contributed by atoms with van der Waals surface area (Å²) in [6, 6.07) is 4.40. The third-order valence-corrected chi connectivity index (χ3v) is 4.90. The van der Waals surface area contributed by atoms with Gasteiger partial charge in [0.2, 0.25) is 11.8 Å². The Bertz CT molecular complexity index is 680. The van der Waals surface area contributed by atoms with E-state index in [0.717, 1.165) is 23.5 Å². The molecule has 2 bridgehead atoms. The summed E-state index contributed by atoms with van der Waals surface area (Å²) < 4.78 is 38.4. The maximum Gasteiger partial charge on any atom is 0.416 e. The van der Waals surface area contributed by atoms with Gasteiger partial charge in [0, 0.05) is 0 Å². The lowest BCUT2D eigenvalue weighted by atomic mass is 9.85. The highest BCUT2D eigenvalue weighted by atomic mass is 19.4. The van der Waals surface area contributed by atoms with Crippen LogP contribution in [-0.4, -0.2) is 11.8 Å². The van der Waals surface area contributed by atoms with Gasteiger partial charge in [0.25, 0.3) is 0 Å². The van der Waals surface area contributed by atoms with Gasteiger partial charge in [-0.2, -0.15) is 13.2 Å². The van der Waals surface area contributed by atoms with Crippen molar-refractivity contribution in [1.82, 2.24) is 0 Å². The van der Waals surface area contributed by atoms with Gasteiger partial charge in [-0.1, -0.05) is 18.2 Å². The standard InChI is InChI=1S/C16H12F3NO2/c17-16(18,19)10-2-1-3-11(7-10)20-14(21)12-8-4-5-9(6-8)13(12)15(20)22/h1-5,7-9,12-13H,6H2/t8-,9+,12-,13-/m0/s1. The van der Waals surface area contributed by atoms with Crippen LogP contribution in [0.25, 0.3) is 0 Å². The lowest BCUT2D eigenvalue weighted by Gasteiger charge is -2.18. The molecule has 2 amide bonds. The van der Waals surface area contributed by atoms with Crippen LogP contribution in [0.15, 0.2) is 36.4 Å². The van der Waals surface area contributed by atoms with Crippen LogP contribution in [0.5, 0.6) is 0 Å². The first-order valence-corrected chi connectivity index (χ1v) is 7.11. The van der Waals surface area contributed by atoms with Crippen molar-refractivity contribution >= 4 is 17.5 Å². The fraction of sp³-hybridized carbons (Fsp3) is 0.375. The van der Waals surface area contributed by atoms with Crippen molar-refractivity contribution in [3.63, 3.8) is 0 Å². The number of carbonyl (C=O) groups is 2. The average Bonchev–Trinajstić information content (AvgIpc) is 3.12. The zero-order valence-corrected chi connectivity index (χ0v) is 11.4. The van der Waals surface area contributed by atoms with Crippen LogP contribution in [-0.2, 0) is 15.8 Å². The molecule has 0 aromatic heterocycles. The maximum atomic E-state index is 12.8. The summed E-state index contributed by atoms with van der Waals surface area (Å²) >= 11 is 0. The van der Waals surface area contributed by atoms with E-state index in [9.17, 15) is 22.8 Å². The van der Waals surface area contributed by atoms with Crippen LogP contribution in [0.1, 0.15) is 12.0 Å². The Morgan fingerprint density at radius 1 is 1.00 bits per heavy atom. The SMILES string of the molecule is O=C1[C@@H]2[C@@H](C(=O)N1c1cccc(C(F)(F)F)c1)[C@H]1C=C[C@@H]2C1. The molecule has 1 aliphatic heterocycles. The molecule has 3 nitrogen and oxygen atoms in total. The molecule has 0 spiro atoms. The first-order valence-electron chi connectivity index (χ1n) is 7.11. The highest BCUT2D eigenvalue weighted by molar-refractivity contribution is 6.22. The van der Waals surface area contributed by atoms with Crippen LogP contribution < -0.4 is 4.90 Å². The molecule has 3 aliphatic rings. The maximum absolute atomic E-state index is 12.8. The number of fused-ring (bicyclic) bond motifs is 5. The molecule has 0 radical (unpaired) electrons. The molecule has 1 heterocycles. The lowest BCUT2D eigenvalue weighted by molar-refractivity contribution is -0.137. The van der Waals surface area contributed by atoms with Gasteiger partial charge in [0.15, 0.2) is 0 Å². The molecule has 4 atom stereocenters. The van der Waals surface area contributed by atoms with Crippen LogP contribution in [0, 0.1) is 23.7 Å². The van der Waals surface area contributed by atoms with Gasteiger partial charge in [-0.3, -0.25) is 14.5 Å². The van der Waals surface area contributed by atoms with E-state index in [2.05, 4.69) is 0 Å². The Labute approximate surface area is 124 Å². The fourth-order valence-corrected chi connectivity index (χ4v) is 3.98. The molecule has 114 valence electrons. The number of alkyl halides is 3. The van der Waals surface area contributed by atoms with Crippen molar-refractivity contribution in [1.29, 1.82) is 0 Å². The van der Waals surface area contributed by atoms with E-state index >= 15 is 0 Å². The summed E-state index contributed by atoms with van der Waals surface area (Å²) in [5.74, 6) is -1.46. The van der Waals surface area contributed by atoms with Gasteiger partial charge in [0.05, 0.1) is 23.1 Å². The average molecular weight is 307 g/mol. The number of hydrogen-bond acceptors (Lipinski definition) is 2. The normalized spacial score (nSPS) is 33.0. The lowest BCUT2D eigenvalue weighted by Crippen LogP contribution is -2.33. The van der Waals surface area contributed by atoms with E-state index in [1.54, 1.807) is 0 Å². The number of halogens is 3. The van der Waals surface area contributed by atoms with Crippen molar-refractivity contribution in [2.75, 3.05) is 4.90 Å². The molecule has 0 N–H and O–H groups in total. The van der Waals surface area contributed by atoms with Crippen molar-refractivity contribution < 1.29 is 22.8 Å². The Balaban J connectivity index is 1.73. The van der Waals surface area contributed by atoms with Gasteiger partial charge in [-0.25, -0.2) is 0 Å². The molecular formula is C16H12F3NO2. The third-order valence-electron chi connectivity index (χ3n) is 4.90. The van der Waals surface area contributed by atoms with Crippen LogP contribution in [0.2, 0.25) is 0 Å². The Morgan fingerprint density at radius 2 is 1.59 bits per heavy atom. The molecule has 4 rings (SSSR count). The number of anilines is 1. The van der Waals surface area contributed by atoms with Gasteiger partial charge in [-0.05, 0) is 36.5 Å². The minimum atomic E-state index is -4.50. The second kappa shape index (κ2) is 4.21. The molecule has 0 unspecified atom stereocenters. The fourth-order valence-electron chi connectivity index (χ4n) is 3.98. The van der Waals surface area contributed by atoms with E-state index in [1.807, 2.05) is 12.2 Å².